The molecular formula is C14H16N4S. The van der Waals surface area contributed by atoms with Crippen molar-refractivity contribution < 1.29 is 0 Å². The summed E-state index contributed by atoms with van der Waals surface area (Å²) in [5, 5.41) is 4.60. The van der Waals surface area contributed by atoms with Gasteiger partial charge < -0.3 is 5.73 Å². The monoisotopic (exact) mass is 272 g/mol. The lowest BCUT2D eigenvalue weighted by molar-refractivity contribution is 0.798. The summed E-state index contributed by atoms with van der Waals surface area (Å²) in [6, 6.07) is 12.0. The van der Waals surface area contributed by atoms with Gasteiger partial charge in [-0.3, -0.25) is 0 Å². The minimum Gasteiger partial charge on any atom is -0.324 e. The summed E-state index contributed by atoms with van der Waals surface area (Å²) < 4.78 is 1.77. The lowest BCUT2D eigenvalue weighted by Crippen LogP contribution is -2.09. The van der Waals surface area contributed by atoms with Crippen LogP contribution in [0.4, 0.5) is 0 Å². The lowest BCUT2D eigenvalue weighted by Gasteiger charge is -2.12. The zero-order valence-electron chi connectivity index (χ0n) is 10.6. The molecule has 0 saturated heterocycles. The van der Waals surface area contributed by atoms with Crippen LogP contribution in [0.15, 0.2) is 48.8 Å². The van der Waals surface area contributed by atoms with Crippen molar-refractivity contribution in [1.82, 2.24) is 14.6 Å². The summed E-state index contributed by atoms with van der Waals surface area (Å²) in [5.41, 5.74) is 9.85. The van der Waals surface area contributed by atoms with Crippen LogP contribution in [0.5, 0.6) is 0 Å². The van der Waals surface area contributed by atoms with Gasteiger partial charge in [-0.25, -0.2) is 9.50 Å². The molecule has 1 aromatic carbocycles. The van der Waals surface area contributed by atoms with Crippen LogP contribution in [0.2, 0.25) is 0 Å². The Morgan fingerprint density at radius 2 is 1.95 bits per heavy atom. The maximum absolute atomic E-state index is 6.03. The maximum atomic E-state index is 6.03. The Morgan fingerprint density at radius 1 is 1.21 bits per heavy atom. The predicted molar refractivity (Wildman–Crippen MR) is 81.4 cm³/mol. The second-order valence-corrected chi connectivity index (χ2v) is 4.33. The van der Waals surface area contributed by atoms with Gasteiger partial charge in [-0.15, -0.1) is 0 Å². The van der Waals surface area contributed by atoms with E-state index in [2.05, 4.69) is 10.1 Å². The van der Waals surface area contributed by atoms with Crippen molar-refractivity contribution in [3.8, 4) is 11.3 Å². The molecule has 3 rings (SSSR count). The van der Waals surface area contributed by atoms with Gasteiger partial charge >= 0.3 is 0 Å². The summed E-state index contributed by atoms with van der Waals surface area (Å²) in [6.07, 6.45) is 3.58. The van der Waals surface area contributed by atoms with E-state index in [4.69, 9.17) is 5.73 Å². The molecule has 2 N–H and O–H groups in total. The molecule has 0 amide bonds. The van der Waals surface area contributed by atoms with Gasteiger partial charge in [0.15, 0.2) is 5.65 Å². The Morgan fingerprint density at radius 3 is 2.63 bits per heavy atom. The number of nitrogens with two attached hydrogens (primary N) is 1. The molecule has 98 valence electrons. The van der Waals surface area contributed by atoms with Gasteiger partial charge in [0.2, 0.25) is 0 Å². The van der Waals surface area contributed by atoms with E-state index >= 15 is 0 Å². The highest BCUT2D eigenvalue weighted by Gasteiger charge is 2.12. The highest BCUT2D eigenvalue weighted by Crippen LogP contribution is 2.25. The van der Waals surface area contributed by atoms with Gasteiger partial charge in [0.1, 0.15) is 0 Å². The van der Waals surface area contributed by atoms with Crippen LogP contribution in [0.3, 0.4) is 0 Å². The highest BCUT2D eigenvalue weighted by molar-refractivity contribution is 7.59. The van der Waals surface area contributed by atoms with Gasteiger partial charge in [-0.1, -0.05) is 30.3 Å². The SMILES string of the molecule is C[C@H](N)c1cc2nccn2nc1-c1ccccc1.S. The first-order valence-electron chi connectivity index (χ1n) is 5.91. The molecule has 2 aromatic heterocycles. The third-order valence-corrected chi connectivity index (χ3v) is 2.95. The largest absolute Gasteiger partial charge is 0.324 e. The predicted octanol–water partition coefficient (Wildman–Crippen LogP) is 2.53. The van der Waals surface area contributed by atoms with Crippen molar-refractivity contribution in [3.63, 3.8) is 0 Å². The minimum atomic E-state index is -0.0746. The van der Waals surface area contributed by atoms with E-state index in [-0.39, 0.29) is 19.5 Å². The molecule has 0 spiro atoms. The van der Waals surface area contributed by atoms with Crippen LogP contribution in [0.1, 0.15) is 18.5 Å². The van der Waals surface area contributed by atoms with Crippen LogP contribution >= 0.6 is 13.5 Å². The average molecular weight is 272 g/mol. The van der Waals surface area contributed by atoms with Crippen LogP contribution in [-0.4, -0.2) is 14.6 Å². The van der Waals surface area contributed by atoms with Crippen LogP contribution in [0.25, 0.3) is 16.9 Å². The molecule has 5 heteroatoms. The third-order valence-electron chi connectivity index (χ3n) is 2.95. The number of hydrogen-bond donors (Lipinski definition) is 1. The van der Waals surface area contributed by atoms with Crippen LogP contribution in [-0.2, 0) is 0 Å². The summed E-state index contributed by atoms with van der Waals surface area (Å²) in [6.45, 7) is 1.96. The fourth-order valence-electron chi connectivity index (χ4n) is 2.04. The number of imidazole rings is 1. The van der Waals surface area contributed by atoms with Crippen LogP contribution in [0, 0.1) is 0 Å². The molecule has 2 heterocycles. The minimum absolute atomic E-state index is 0. The molecule has 0 unspecified atom stereocenters. The summed E-state index contributed by atoms with van der Waals surface area (Å²) >= 11 is 0. The molecule has 3 aromatic rings. The van der Waals surface area contributed by atoms with E-state index in [1.807, 2.05) is 49.5 Å². The first-order valence-corrected chi connectivity index (χ1v) is 5.91. The molecule has 0 fully saturated rings. The van der Waals surface area contributed by atoms with E-state index < -0.39 is 0 Å². The molecule has 0 aliphatic carbocycles. The number of benzene rings is 1. The van der Waals surface area contributed by atoms with E-state index in [0.29, 0.717) is 0 Å². The van der Waals surface area contributed by atoms with E-state index in [9.17, 15) is 0 Å². The van der Waals surface area contributed by atoms with Crippen molar-refractivity contribution in [3.05, 3.63) is 54.4 Å². The Kier molecular flexibility index (Phi) is 3.87. The fraction of sp³-hybridized carbons (Fsp3) is 0.143. The number of aromatic nitrogens is 3. The third kappa shape index (κ3) is 2.47. The molecule has 0 saturated carbocycles. The fourth-order valence-corrected chi connectivity index (χ4v) is 2.04. The summed E-state index contributed by atoms with van der Waals surface area (Å²) in [4.78, 5) is 4.24. The zero-order chi connectivity index (χ0) is 12.5. The molecule has 0 bridgehead atoms. The quantitative estimate of drug-likeness (QED) is 0.780. The number of hydrogen-bond acceptors (Lipinski definition) is 3. The van der Waals surface area contributed by atoms with Crippen molar-refractivity contribution in [2.45, 2.75) is 13.0 Å². The topological polar surface area (TPSA) is 56.2 Å². The van der Waals surface area contributed by atoms with Crippen molar-refractivity contribution in [1.29, 1.82) is 0 Å². The van der Waals surface area contributed by atoms with Gasteiger partial charge in [-0.05, 0) is 13.0 Å². The van der Waals surface area contributed by atoms with Crippen molar-refractivity contribution >= 4 is 19.1 Å². The smallest absolute Gasteiger partial charge is 0.153 e. The zero-order valence-corrected chi connectivity index (χ0v) is 11.6. The summed E-state index contributed by atoms with van der Waals surface area (Å²) in [5.74, 6) is 0. The van der Waals surface area contributed by atoms with Gasteiger partial charge in [0.25, 0.3) is 0 Å². The molecule has 1 atom stereocenters. The van der Waals surface area contributed by atoms with Crippen LogP contribution < -0.4 is 5.73 Å². The Hall–Kier alpha value is -1.85. The Balaban J connectivity index is 0.00000133. The average Bonchev–Trinajstić information content (AvgIpc) is 2.85. The second kappa shape index (κ2) is 5.42. The first-order chi connectivity index (χ1) is 8.75. The number of rotatable bonds is 2. The Labute approximate surface area is 118 Å². The lowest BCUT2D eigenvalue weighted by atomic mass is 10.0. The Bertz CT molecular complexity index is 676. The van der Waals surface area contributed by atoms with E-state index in [1.165, 1.54) is 0 Å². The number of nitrogens with zero attached hydrogens (tertiary/aromatic N) is 3. The molecular weight excluding hydrogens is 256 g/mol. The molecule has 0 aliphatic heterocycles. The normalized spacial score (nSPS) is 12.1. The maximum Gasteiger partial charge on any atom is 0.153 e. The number of fused-ring (bicyclic) bond motifs is 1. The summed E-state index contributed by atoms with van der Waals surface area (Å²) in [7, 11) is 0. The van der Waals surface area contributed by atoms with Gasteiger partial charge in [0, 0.05) is 29.6 Å². The standard InChI is InChI=1S/C14H14N4.H2S/c1-10(15)12-9-13-16-7-8-18(13)17-14(12)11-5-3-2-4-6-11;/h2-10H,15H2,1H3;1H2/t10-;/m0./s1. The molecule has 4 nitrogen and oxygen atoms in total. The molecule has 0 aliphatic rings. The second-order valence-electron chi connectivity index (χ2n) is 4.33. The highest BCUT2D eigenvalue weighted by atomic mass is 32.1. The van der Waals surface area contributed by atoms with E-state index in [1.54, 1.807) is 10.7 Å². The first kappa shape index (κ1) is 13.6. The van der Waals surface area contributed by atoms with Crippen molar-refractivity contribution in [2.24, 2.45) is 5.73 Å². The van der Waals surface area contributed by atoms with Crippen molar-refractivity contribution in [2.75, 3.05) is 0 Å². The van der Waals surface area contributed by atoms with E-state index in [0.717, 1.165) is 22.5 Å². The molecule has 0 radical (unpaired) electrons. The molecule has 19 heavy (non-hydrogen) atoms. The van der Waals surface area contributed by atoms with Gasteiger partial charge in [0.05, 0.1) is 5.69 Å². The van der Waals surface area contributed by atoms with Gasteiger partial charge in [-0.2, -0.15) is 18.6 Å².